The number of rotatable bonds is 3. The molecule has 2 amide bonds. The smallest absolute Gasteiger partial charge is 0.254 e. The normalized spacial score (nSPS) is 20.9. The third kappa shape index (κ3) is 3.46. The number of carbonyl (C=O) groups excluding carboxylic acids is 2. The van der Waals surface area contributed by atoms with Crippen LogP contribution in [-0.4, -0.2) is 54.8 Å². The van der Waals surface area contributed by atoms with Crippen molar-refractivity contribution in [1.29, 1.82) is 0 Å². The SMILES string of the molecule is CN1C(=O)c2ccccc2C(C(=O)N2CCN(c3ccccc3F)CC2)C1c1cccs1. The van der Waals surface area contributed by atoms with Crippen molar-refractivity contribution in [3.8, 4) is 0 Å². The van der Waals surface area contributed by atoms with E-state index in [0.717, 1.165) is 10.4 Å². The molecule has 5 rings (SSSR count). The molecule has 0 bridgehead atoms. The minimum Gasteiger partial charge on any atom is -0.366 e. The van der Waals surface area contributed by atoms with Crippen molar-refractivity contribution in [1.82, 2.24) is 9.80 Å². The number of thiophene rings is 1. The Morgan fingerprint density at radius 2 is 1.69 bits per heavy atom. The Bertz CT molecular complexity index is 1140. The summed E-state index contributed by atoms with van der Waals surface area (Å²) < 4.78 is 14.2. The lowest BCUT2D eigenvalue weighted by Gasteiger charge is -2.43. The second kappa shape index (κ2) is 8.39. The molecule has 3 aromatic rings. The van der Waals surface area contributed by atoms with Gasteiger partial charge in [0.2, 0.25) is 5.91 Å². The van der Waals surface area contributed by atoms with Gasteiger partial charge < -0.3 is 14.7 Å². The van der Waals surface area contributed by atoms with Gasteiger partial charge in [-0.3, -0.25) is 9.59 Å². The standard InChI is InChI=1S/C25H24FN3O2S/c1-27-23(21-11-6-16-32-21)22(17-7-2-3-8-18(17)24(27)30)25(31)29-14-12-28(13-15-29)20-10-5-4-9-19(20)26/h2-11,16,22-23H,12-15H2,1H3. The molecule has 164 valence electrons. The monoisotopic (exact) mass is 449 g/mol. The van der Waals surface area contributed by atoms with Crippen LogP contribution in [0.3, 0.4) is 0 Å². The van der Waals surface area contributed by atoms with Gasteiger partial charge in [-0.1, -0.05) is 36.4 Å². The molecule has 2 aliphatic rings. The van der Waals surface area contributed by atoms with Crippen LogP contribution in [0.15, 0.2) is 66.0 Å². The zero-order chi connectivity index (χ0) is 22.2. The van der Waals surface area contributed by atoms with Gasteiger partial charge in [-0.15, -0.1) is 11.3 Å². The van der Waals surface area contributed by atoms with Gasteiger partial charge >= 0.3 is 0 Å². The van der Waals surface area contributed by atoms with E-state index in [9.17, 15) is 14.0 Å². The van der Waals surface area contributed by atoms with Crippen LogP contribution >= 0.6 is 11.3 Å². The molecule has 0 radical (unpaired) electrons. The Morgan fingerprint density at radius 3 is 2.41 bits per heavy atom. The number of hydrogen-bond acceptors (Lipinski definition) is 4. The van der Waals surface area contributed by atoms with E-state index < -0.39 is 5.92 Å². The molecule has 0 saturated carbocycles. The fourth-order valence-corrected chi connectivity index (χ4v) is 5.73. The highest BCUT2D eigenvalue weighted by Gasteiger charge is 2.44. The highest BCUT2D eigenvalue weighted by Crippen LogP contribution is 2.44. The molecule has 32 heavy (non-hydrogen) atoms. The number of carbonyl (C=O) groups is 2. The van der Waals surface area contributed by atoms with E-state index in [-0.39, 0.29) is 23.7 Å². The van der Waals surface area contributed by atoms with Crippen LogP contribution in [-0.2, 0) is 4.79 Å². The molecule has 3 heterocycles. The lowest BCUT2D eigenvalue weighted by Crippen LogP contribution is -2.53. The molecule has 0 N–H and O–H groups in total. The summed E-state index contributed by atoms with van der Waals surface area (Å²) in [6, 6.07) is 17.8. The maximum absolute atomic E-state index is 14.2. The zero-order valence-electron chi connectivity index (χ0n) is 17.8. The number of nitrogens with zero attached hydrogens (tertiary/aromatic N) is 3. The van der Waals surface area contributed by atoms with E-state index >= 15 is 0 Å². The number of para-hydroxylation sites is 1. The first-order valence-electron chi connectivity index (χ1n) is 10.7. The molecule has 2 atom stereocenters. The molecule has 1 fully saturated rings. The molecule has 1 saturated heterocycles. The van der Waals surface area contributed by atoms with Gasteiger partial charge in [0.1, 0.15) is 5.82 Å². The Morgan fingerprint density at radius 1 is 0.969 bits per heavy atom. The third-order valence-electron chi connectivity index (χ3n) is 6.46. The third-order valence-corrected chi connectivity index (χ3v) is 7.41. The average Bonchev–Trinajstić information content (AvgIpc) is 3.36. The Labute approximate surface area is 190 Å². The molecule has 0 spiro atoms. The number of likely N-dealkylation sites (N-methyl/N-ethyl adjacent to an activating group) is 1. The Balaban J connectivity index is 1.44. The zero-order valence-corrected chi connectivity index (χ0v) is 18.6. The topological polar surface area (TPSA) is 43.9 Å². The fraction of sp³-hybridized carbons (Fsp3) is 0.280. The van der Waals surface area contributed by atoms with Crippen LogP contribution in [0.2, 0.25) is 0 Å². The lowest BCUT2D eigenvalue weighted by atomic mass is 9.81. The van der Waals surface area contributed by atoms with Gasteiger partial charge in [-0.25, -0.2) is 4.39 Å². The summed E-state index contributed by atoms with van der Waals surface area (Å²) in [6.07, 6.45) is 0. The number of halogens is 1. The molecule has 2 unspecified atom stereocenters. The molecule has 2 aliphatic heterocycles. The van der Waals surface area contributed by atoms with E-state index in [1.165, 1.54) is 6.07 Å². The number of piperazine rings is 1. The van der Waals surface area contributed by atoms with E-state index in [0.29, 0.717) is 37.4 Å². The fourth-order valence-electron chi connectivity index (χ4n) is 4.83. The van der Waals surface area contributed by atoms with Gasteiger partial charge in [0.25, 0.3) is 5.91 Å². The highest BCUT2D eigenvalue weighted by molar-refractivity contribution is 7.10. The molecule has 5 nitrogen and oxygen atoms in total. The highest BCUT2D eigenvalue weighted by atomic mass is 32.1. The summed E-state index contributed by atoms with van der Waals surface area (Å²) in [7, 11) is 1.78. The first kappa shape index (κ1) is 20.7. The summed E-state index contributed by atoms with van der Waals surface area (Å²) >= 11 is 1.56. The summed E-state index contributed by atoms with van der Waals surface area (Å²) in [5.41, 5.74) is 1.95. The number of amides is 2. The minimum atomic E-state index is -0.465. The summed E-state index contributed by atoms with van der Waals surface area (Å²) in [5.74, 6) is -0.755. The molecule has 2 aromatic carbocycles. The molecule has 0 aliphatic carbocycles. The predicted molar refractivity (Wildman–Crippen MR) is 124 cm³/mol. The van der Waals surface area contributed by atoms with Gasteiger partial charge in [0, 0.05) is 43.7 Å². The van der Waals surface area contributed by atoms with Gasteiger partial charge in [-0.05, 0) is 35.2 Å². The second-order valence-corrected chi connectivity index (χ2v) is 9.18. The van der Waals surface area contributed by atoms with Crippen LogP contribution in [0.5, 0.6) is 0 Å². The van der Waals surface area contributed by atoms with Gasteiger partial charge in [0.15, 0.2) is 0 Å². The summed E-state index contributed by atoms with van der Waals surface area (Å²) in [5, 5.41) is 1.98. The van der Waals surface area contributed by atoms with Crippen molar-refractivity contribution in [2.24, 2.45) is 0 Å². The molecule has 7 heteroatoms. The minimum absolute atomic E-state index is 0.0170. The van der Waals surface area contributed by atoms with Crippen LogP contribution in [0.1, 0.15) is 32.8 Å². The van der Waals surface area contributed by atoms with E-state index in [4.69, 9.17) is 0 Å². The van der Waals surface area contributed by atoms with Crippen LogP contribution in [0, 0.1) is 5.82 Å². The molecule has 1 aromatic heterocycles. The van der Waals surface area contributed by atoms with Gasteiger partial charge in [-0.2, -0.15) is 0 Å². The molecular weight excluding hydrogens is 425 g/mol. The molecular formula is C25H24FN3O2S. The van der Waals surface area contributed by atoms with Crippen molar-refractivity contribution >= 4 is 28.8 Å². The first-order chi connectivity index (χ1) is 15.6. The maximum Gasteiger partial charge on any atom is 0.254 e. The quantitative estimate of drug-likeness (QED) is 0.604. The number of fused-ring (bicyclic) bond motifs is 1. The van der Waals surface area contributed by atoms with Crippen molar-refractivity contribution in [3.05, 3.63) is 87.9 Å². The number of hydrogen-bond donors (Lipinski definition) is 0. The van der Waals surface area contributed by atoms with Crippen molar-refractivity contribution in [2.45, 2.75) is 12.0 Å². The van der Waals surface area contributed by atoms with E-state index in [2.05, 4.69) is 0 Å². The van der Waals surface area contributed by atoms with E-state index in [1.807, 2.05) is 51.6 Å². The van der Waals surface area contributed by atoms with Crippen molar-refractivity contribution in [3.63, 3.8) is 0 Å². The first-order valence-corrected chi connectivity index (χ1v) is 11.6. The maximum atomic E-state index is 14.2. The van der Waals surface area contributed by atoms with Crippen molar-refractivity contribution in [2.75, 3.05) is 38.1 Å². The summed E-state index contributed by atoms with van der Waals surface area (Å²) in [4.78, 5) is 33.5. The Hall–Kier alpha value is -3.19. The van der Waals surface area contributed by atoms with Crippen LogP contribution < -0.4 is 4.90 Å². The van der Waals surface area contributed by atoms with Gasteiger partial charge in [0.05, 0.1) is 17.6 Å². The predicted octanol–water partition coefficient (Wildman–Crippen LogP) is 4.15. The van der Waals surface area contributed by atoms with Crippen LogP contribution in [0.25, 0.3) is 0 Å². The lowest BCUT2D eigenvalue weighted by molar-refractivity contribution is -0.134. The summed E-state index contributed by atoms with van der Waals surface area (Å²) in [6.45, 7) is 2.17. The number of anilines is 1. The van der Waals surface area contributed by atoms with Crippen LogP contribution in [0.4, 0.5) is 10.1 Å². The van der Waals surface area contributed by atoms with Crippen molar-refractivity contribution < 1.29 is 14.0 Å². The van der Waals surface area contributed by atoms with E-state index in [1.54, 1.807) is 41.5 Å². The second-order valence-electron chi connectivity index (χ2n) is 8.20. The largest absolute Gasteiger partial charge is 0.366 e. The average molecular weight is 450 g/mol. The Kier molecular flexibility index (Phi) is 5.43. The number of benzene rings is 2.